The van der Waals surface area contributed by atoms with Crippen molar-refractivity contribution in [3.05, 3.63) is 42.2 Å². The second-order valence-corrected chi connectivity index (χ2v) is 6.97. The van der Waals surface area contributed by atoms with Gasteiger partial charge in [-0.1, -0.05) is 12.1 Å². The molecule has 1 atom stereocenters. The van der Waals surface area contributed by atoms with Gasteiger partial charge >= 0.3 is 0 Å². The molecular weight excluding hydrogens is 386 g/mol. The van der Waals surface area contributed by atoms with Gasteiger partial charge in [0, 0.05) is 26.7 Å². The number of carbonyl (C=O) groups is 2. The second kappa shape index (κ2) is 7.90. The number of nitrogens with zero attached hydrogens (tertiary/aromatic N) is 4. The summed E-state index contributed by atoms with van der Waals surface area (Å²) >= 11 is 0. The summed E-state index contributed by atoms with van der Waals surface area (Å²) in [7, 11) is 5.08. The molecule has 0 aliphatic carbocycles. The van der Waals surface area contributed by atoms with Gasteiger partial charge in [-0.25, -0.2) is 9.50 Å². The first-order chi connectivity index (χ1) is 14.5. The third kappa shape index (κ3) is 3.47. The van der Waals surface area contributed by atoms with Crippen molar-refractivity contribution in [2.24, 2.45) is 0 Å². The summed E-state index contributed by atoms with van der Waals surface area (Å²) in [6.07, 6.45) is 2.03. The monoisotopic (exact) mass is 409 g/mol. The van der Waals surface area contributed by atoms with E-state index in [0.717, 1.165) is 5.69 Å². The van der Waals surface area contributed by atoms with E-state index >= 15 is 0 Å². The van der Waals surface area contributed by atoms with E-state index < -0.39 is 11.9 Å². The maximum Gasteiger partial charge on any atom is 0.272 e. The smallest absolute Gasteiger partial charge is 0.272 e. The fourth-order valence-electron chi connectivity index (χ4n) is 3.44. The highest BCUT2D eigenvalue weighted by molar-refractivity contribution is 5.97. The molecule has 30 heavy (non-hydrogen) atoms. The lowest BCUT2D eigenvalue weighted by Crippen LogP contribution is -2.41. The number of methoxy groups -OCH3 is 1. The van der Waals surface area contributed by atoms with E-state index in [1.54, 1.807) is 32.2 Å². The fourth-order valence-corrected chi connectivity index (χ4v) is 3.44. The third-order valence-corrected chi connectivity index (χ3v) is 5.07. The number of likely N-dealkylation sites (tertiary alicyclic amines) is 1. The Bertz CT molecular complexity index is 1110. The molecule has 1 aliphatic heterocycles. The average molecular weight is 409 g/mol. The first-order valence-electron chi connectivity index (χ1n) is 9.54. The van der Waals surface area contributed by atoms with Crippen molar-refractivity contribution in [1.29, 1.82) is 0 Å². The summed E-state index contributed by atoms with van der Waals surface area (Å²) in [5.41, 5.74) is 2.17. The molecule has 1 saturated heterocycles. The Kier molecular flexibility index (Phi) is 5.13. The van der Waals surface area contributed by atoms with Crippen LogP contribution in [0.1, 0.15) is 16.9 Å². The number of amides is 2. The zero-order chi connectivity index (χ0) is 21.3. The van der Waals surface area contributed by atoms with Crippen LogP contribution in [0.15, 0.2) is 36.5 Å². The van der Waals surface area contributed by atoms with Gasteiger partial charge in [-0.3, -0.25) is 9.59 Å². The molecular formula is C20H23N7O3. The highest BCUT2D eigenvalue weighted by Gasteiger charge is 2.31. The molecule has 1 aliphatic rings. The molecule has 3 heterocycles. The topological polar surface area (TPSA) is 113 Å². The van der Waals surface area contributed by atoms with Crippen LogP contribution < -0.4 is 20.7 Å². The summed E-state index contributed by atoms with van der Waals surface area (Å²) in [6.45, 7) is 0.617. The number of aromatic nitrogens is 3. The Morgan fingerprint density at radius 1 is 1.27 bits per heavy atom. The van der Waals surface area contributed by atoms with Crippen LogP contribution in [0.3, 0.4) is 0 Å². The average Bonchev–Trinajstić information content (AvgIpc) is 3.32. The summed E-state index contributed by atoms with van der Waals surface area (Å²) < 4.78 is 6.84. The standard InChI is InChI=1S/C20H23N7O3/c1-21-14-10-17(23-12-6-4-5-7-16(12)30-3)25-27-15(11-22-18(14)27)19(28)24-13-8-9-26(2)20(13)29/h4-7,10-11,13,21H,8-9H2,1-3H3,(H,23,25)(H,24,28)/t13-/m1/s1. The highest BCUT2D eigenvalue weighted by Crippen LogP contribution is 2.28. The molecule has 1 aromatic carbocycles. The van der Waals surface area contributed by atoms with E-state index in [-0.39, 0.29) is 11.6 Å². The largest absolute Gasteiger partial charge is 0.495 e. The number of hydrogen-bond donors (Lipinski definition) is 3. The van der Waals surface area contributed by atoms with Crippen LogP contribution in [0, 0.1) is 0 Å². The molecule has 0 unspecified atom stereocenters. The van der Waals surface area contributed by atoms with Crippen molar-refractivity contribution in [3.8, 4) is 5.75 Å². The minimum atomic E-state index is -0.535. The lowest BCUT2D eigenvalue weighted by molar-refractivity contribution is -0.128. The van der Waals surface area contributed by atoms with Gasteiger partial charge in [-0.15, -0.1) is 5.10 Å². The Morgan fingerprint density at radius 2 is 2.07 bits per heavy atom. The first kappa shape index (κ1) is 19.5. The summed E-state index contributed by atoms with van der Waals surface area (Å²) in [6, 6.07) is 8.73. The molecule has 3 N–H and O–H groups in total. The number of fused-ring (bicyclic) bond motifs is 1. The molecule has 10 nitrogen and oxygen atoms in total. The van der Waals surface area contributed by atoms with Gasteiger partial charge in [0.25, 0.3) is 5.91 Å². The van der Waals surface area contributed by atoms with Gasteiger partial charge in [0.2, 0.25) is 5.91 Å². The van der Waals surface area contributed by atoms with Crippen LogP contribution in [0.25, 0.3) is 5.65 Å². The number of rotatable bonds is 6. The van der Waals surface area contributed by atoms with Crippen molar-refractivity contribution in [1.82, 2.24) is 24.8 Å². The SMILES string of the molecule is CNc1cc(Nc2ccccc2OC)nn2c(C(=O)N[C@@H]3CCN(C)C3=O)cnc12. The summed E-state index contributed by atoms with van der Waals surface area (Å²) in [4.78, 5) is 30.9. The van der Waals surface area contributed by atoms with Crippen LogP contribution in [0.2, 0.25) is 0 Å². The Labute approximate surface area is 173 Å². The number of benzene rings is 1. The molecule has 0 bridgehead atoms. The van der Waals surface area contributed by atoms with Gasteiger partial charge in [-0.2, -0.15) is 0 Å². The van der Waals surface area contributed by atoms with Crippen LogP contribution in [-0.4, -0.2) is 65.1 Å². The quantitative estimate of drug-likeness (QED) is 0.565. The van der Waals surface area contributed by atoms with Crippen LogP contribution in [0.5, 0.6) is 5.75 Å². The zero-order valence-electron chi connectivity index (χ0n) is 17.0. The fraction of sp³-hybridized carbons (Fsp3) is 0.300. The van der Waals surface area contributed by atoms with E-state index in [9.17, 15) is 9.59 Å². The molecule has 1 fully saturated rings. The van der Waals surface area contributed by atoms with E-state index in [1.807, 2.05) is 24.3 Å². The van der Waals surface area contributed by atoms with E-state index in [0.29, 0.717) is 35.9 Å². The van der Waals surface area contributed by atoms with Crippen molar-refractivity contribution in [3.63, 3.8) is 0 Å². The number of ether oxygens (including phenoxy) is 1. The van der Waals surface area contributed by atoms with Gasteiger partial charge in [0.15, 0.2) is 17.2 Å². The number of carbonyl (C=O) groups excluding carboxylic acids is 2. The predicted molar refractivity (Wildman–Crippen MR) is 112 cm³/mol. The summed E-state index contributed by atoms with van der Waals surface area (Å²) in [5.74, 6) is 0.665. The number of anilines is 3. The Hall–Kier alpha value is -3.82. The maximum atomic E-state index is 12.9. The number of likely N-dealkylation sites (N-methyl/N-ethyl adjacent to an activating group) is 1. The molecule has 2 aromatic heterocycles. The Balaban J connectivity index is 1.67. The van der Waals surface area contributed by atoms with E-state index in [2.05, 4.69) is 26.0 Å². The number of hydrogen-bond acceptors (Lipinski definition) is 7. The lowest BCUT2D eigenvalue weighted by Gasteiger charge is -2.14. The molecule has 4 rings (SSSR count). The van der Waals surface area contributed by atoms with Crippen LogP contribution >= 0.6 is 0 Å². The van der Waals surface area contributed by atoms with Gasteiger partial charge < -0.3 is 25.6 Å². The predicted octanol–water partition coefficient (Wildman–Crippen LogP) is 1.48. The maximum absolute atomic E-state index is 12.9. The number of para-hydroxylation sites is 2. The normalized spacial score (nSPS) is 16.0. The van der Waals surface area contributed by atoms with E-state index in [4.69, 9.17) is 4.74 Å². The molecule has 0 radical (unpaired) electrons. The Morgan fingerprint density at radius 3 is 2.77 bits per heavy atom. The second-order valence-electron chi connectivity index (χ2n) is 6.97. The molecule has 10 heteroatoms. The first-order valence-corrected chi connectivity index (χ1v) is 9.54. The van der Waals surface area contributed by atoms with Crippen molar-refractivity contribution >= 4 is 34.7 Å². The van der Waals surface area contributed by atoms with E-state index in [1.165, 1.54) is 10.7 Å². The molecule has 0 saturated carbocycles. The van der Waals surface area contributed by atoms with Gasteiger partial charge in [-0.05, 0) is 18.6 Å². The minimum Gasteiger partial charge on any atom is -0.495 e. The molecule has 156 valence electrons. The summed E-state index contributed by atoms with van der Waals surface area (Å²) in [5, 5.41) is 13.6. The zero-order valence-corrected chi connectivity index (χ0v) is 17.0. The highest BCUT2D eigenvalue weighted by atomic mass is 16.5. The number of nitrogens with one attached hydrogen (secondary N) is 3. The van der Waals surface area contributed by atoms with Crippen LogP contribution in [0.4, 0.5) is 17.2 Å². The third-order valence-electron chi connectivity index (χ3n) is 5.07. The minimum absolute atomic E-state index is 0.0976. The molecule has 0 spiro atoms. The molecule has 2 amide bonds. The van der Waals surface area contributed by atoms with Crippen LogP contribution in [-0.2, 0) is 4.79 Å². The lowest BCUT2D eigenvalue weighted by atomic mass is 10.2. The number of imidazole rings is 1. The molecule has 3 aromatic rings. The van der Waals surface area contributed by atoms with Crippen molar-refractivity contribution in [2.45, 2.75) is 12.5 Å². The van der Waals surface area contributed by atoms with Crippen molar-refractivity contribution in [2.75, 3.05) is 38.4 Å². The van der Waals surface area contributed by atoms with Gasteiger partial charge in [0.05, 0.1) is 24.7 Å². The van der Waals surface area contributed by atoms with Gasteiger partial charge in [0.1, 0.15) is 11.8 Å². The van der Waals surface area contributed by atoms with Crippen molar-refractivity contribution < 1.29 is 14.3 Å².